The summed E-state index contributed by atoms with van der Waals surface area (Å²) < 4.78 is 2.36. The second-order valence-electron chi connectivity index (χ2n) is 5.90. The van der Waals surface area contributed by atoms with Crippen molar-refractivity contribution in [2.24, 2.45) is 12.8 Å². The van der Waals surface area contributed by atoms with Gasteiger partial charge in [-0.25, -0.2) is 0 Å². The third-order valence-electron chi connectivity index (χ3n) is 4.70. The van der Waals surface area contributed by atoms with Crippen LogP contribution >= 0.6 is 11.3 Å². The summed E-state index contributed by atoms with van der Waals surface area (Å²) in [4.78, 5) is 2.84. The van der Waals surface area contributed by atoms with Crippen LogP contribution in [0.2, 0.25) is 0 Å². The van der Waals surface area contributed by atoms with Gasteiger partial charge in [0.15, 0.2) is 0 Å². The average molecular weight is 296 g/mol. The first-order valence-corrected chi connectivity index (χ1v) is 8.47. The van der Waals surface area contributed by atoms with Crippen LogP contribution < -0.4 is 5.73 Å². The van der Waals surface area contributed by atoms with Crippen LogP contribution in [-0.4, -0.2) is 4.57 Å². The first-order valence-electron chi connectivity index (χ1n) is 7.65. The number of nitrogens with two attached hydrogens (primary N) is 1. The number of nitrogens with zero attached hydrogens (tertiary/aromatic N) is 1. The van der Waals surface area contributed by atoms with Gasteiger partial charge in [0.25, 0.3) is 0 Å². The Morgan fingerprint density at radius 3 is 2.90 bits per heavy atom. The minimum Gasteiger partial charge on any atom is -0.343 e. The van der Waals surface area contributed by atoms with Crippen LogP contribution in [0.1, 0.15) is 34.7 Å². The maximum Gasteiger partial charge on any atom is 0.0532 e. The van der Waals surface area contributed by atoms with Crippen molar-refractivity contribution in [1.82, 2.24) is 4.57 Å². The summed E-state index contributed by atoms with van der Waals surface area (Å²) in [6.07, 6.45) is 3.30. The van der Waals surface area contributed by atoms with Crippen LogP contribution in [0.5, 0.6) is 0 Å². The fourth-order valence-electron chi connectivity index (χ4n) is 3.53. The van der Waals surface area contributed by atoms with Gasteiger partial charge in [0, 0.05) is 39.3 Å². The first-order chi connectivity index (χ1) is 10.2. The summed E-state index contributed by atoms with van der Waals surface area (Å²) in [7, 11) is 2.19. The zero-order valence-corrected chi connectivity index (χ0v) is 13.3. The molecule has 0 fully saturated rings. The van der Waals surface area contributed by atoms with Gasteiger partial charge in [0.05, 0.1) is 5.69 Å². The molecule has 2 aromatic heterocycles. The minimum atomic E-state index is 0.179. The topological polar surface area (TPSA) is 30.9 Å². The molecule has 1 atom stereocenters. The number of para-hydroxylation sites is 1. The van der Waals surface area contributed by atoms with Crippen LogP contribution in [0.4, 0.5) is 0 Å². The van der Waals surface area contributed by atoms with Crippen molar-refractivity contribution in [2.75, 3.05) is 0 Å². The summed E-state index contributed by atoms with van der Waals surface area (Å²) in [5.41, 5.74) is 11.9. The van der Waals surface area contributed by atoms with Crippen molar-refractivity contribution in [1.29, 1.82) is 0 Å². The van der Waals surface area contributed by atoms with Gasteiger partial charge in [0.2, 0.25) is 0 Å². The SMILES string of the molecule is CCC(N)c1cc2c(s1)CCc1c-2n(C)c2ccccc12. The molecular formula is C18H20N2S. The van der Waals surface area contributed by atoms with Gasteiger partial charge in [-0.3, -0.25) is 0 Å². The van der Waals surface area contributed by atoms with Crippen molar-refractivity contribution in [2.45, 2.75) is 32.2 Å². The lowest BCUT2D eigenvalue weighted by atomic mass is 9.94. The number of fused-ring (bicyclic) bond motifs is 5. The largest absolute Gasteiger partial charge is 0.343 e. The molecule has 108 valence electrons. The summed E-state index contributed by atoms with van der Waals surface area (Å²) >= 11 is 1.91. The van der Waals surface area contributed by atoms with Crippen LogP contribution in [0.3, 0.4) is 0 Å². The van der Waals surface area contributed by atoms with E-state index in [9.17, 15) is 0 Å². The van der Waals surface area contributed by atoms with E-state index in [2.05, 4.69) is 48.9 Å². The van der Waals surface area contributed by atoms with Crippen molar-refractivity contribution >= 4 is 22.2 Å². The highest BCUT2D eigenvalue weighted by Gasteiger charge is 2.25. The van der Waals surface area contributed by atoms with E-state index >= 15 is 0 Å². The molecule has 1 aliphatic carbocycles. The van der Waals surface area contributed by atoms with E-state index in [4.69, 9.17) is 5.73 Å². The Labute approximate surface area is 129 Å². The molecule has 2 nitrogen and oxygen atoms in total. The highest BCUT2D eigenvalue weighted by atomic mass is 32.1. The van der Waals surface area contributed by atoms with E-state index in [1.807, 2.05) is 11.3 Å². The quantitative estimate of drug-likeness (QED) is 0.746. The molecule has 1 unspecified atom stereocenters. The standard InChI is InChI=1S/C18H20N2S/c1-3-14(19)17-10-13-16(21-17)9-8-12-11-6-4-5-7-15(11)20(2)18(12)13/h4-7,10,14H,3,8-9,19H2,1-2H3. The van der Waals surface area contributed by atoms with Crippen LogP contribution in [0.25, 0.3) is 22.2 Å². The third-order valence-corrected chi connectivity index (χ3v) is 6.03. The maximum atomic E-state index is 6.24. The van der Waals surface area contributed by atoms with Crippen molar-refractivity contribution in [3.63, 3.8) is 0 Å². The number of aromatic nitrogens is 1. The fraction of sp³-hybridized carbons (Fsp3) is 0.333. The Hall–Kier alpha value is -1.58. The Morgan fingerprint density at radius 2 is 2.10 bits per heavy atom. The molecule has 1 aromatic carbocycles. The van der Waals surface area contributed by atoms with Gasteiger partial charge in [-0.1, -0.05) is 25.1 Å². The monoisotopic (exact) mass is 296 g/mol. The average Bonchev–Trinajstić information content (AvgIpc) is 3.07. The fourth-order valence-corrected chi connectivity index (χ4v) is 4.78. The second-order valence-corrected chi connectivity index (χ2v) is 7.07. The Bertz CT molecular complexity index is 825. The summed E-state index contributed by atoms with van der Waals surface area (Å²) in [6, 6.07) is 11.3. The van der Waals surface area contributed by atoms with Crippen LogP contribution in [-0.2, 0) is 19.9 Å². The summed E-state index contributed by atoms with van der Waals surface area (Å²) in [6.45, 7) is 2.16. The van der Waals surface area contributed by atoms with Crippen molar-refractivity contribution in [3.8, 4) is 11.3 Å². The Balaban J connectivity index is 1.98. The van der Waals surface area contributed by atoms with E-state index < -0.39 is 0 Å². The number of benzene rings is 1. The van der Waals surface area contributed by atoms with Crippen LogP contribution in [0, 0.1) is 0 Å². The Kier molecular flexibility index (Phi) is 2.95. The van der Waals surface area contributed by atoms with Crippen molar-refractivity contribution < 1.29 is 0 Å². The molecule has 0 amide bonds. The van der Waals surface area contributed by atoms with Gasteiger partial charge in [-0.15, -0.1) is 11.3 Å². The molecule has 0 saturated carbocycles. The lowest BCUT2D eigenvalue weighted by molar-refractivity contribution is 0.712. The predicted molar refractivity (Wildman–Crippen MR) is 90.9 cm³/mol. The Morgan fingerprint density at radius 1 is 1.29 bits per heavy atom. The molecule has 1 aliphatic rings. The summed E-state index contributed by atoms with van der Waals surface area (Å²) in [5.74, 6) is 0. The number of hydrogen-bond acceptors (Lipinski definition) is 2. The third kappa shape index (κ3) is 1.81. The molecule has 2 N–H and O–H groups in total. The molecule has 0 radical (unpaired) electrons. The predicted octanol–water partition coefficient (Wildman–Crippen LogP) is 4.42. The lowest BCUT2D eigenvalue weighted by Crippen LogP contribution is -2.06. The molecule has 0 spiro atoms. The number of thiophene rings is 1. The maximum absolute atomic E-state index is 6.24. The van der Waals surface area contributed by atoms with E-state index in [0.717, 1.165) is 19.3 Å². The minimum absolute atomic E-state index is 0.179. The first kappa shape index (κ1) is 13.1. The van der Waals surface area contributed by atoms with Gasteiger partial charge in [0.1, 0.15) is 0 Å². The molecule has 3 heteroatoms. The van der Waals surface area contributed by atoms with E-state index in [0.29, 0.717) is 0 Å². The highest BCUT2D eigenvalue weighted by molar-refractivity contribution is 7.12. The normalized spacial score (nSPS) is 15.0. The molecule has 3 aromatic rings. The van der Waals surface area contributed by atoms with E-state index in [1.54, 1.807) is 0 Å². The van der Waals surface area contributed by atoms with Gasteiger partial charge >= 0.3 is 0 Å². The molecule has 0 bridgehead atoms. The molecule has 21 heavy (non-hydrogen) atoms. The molecule has 2 heterocycles. The smallest absolute Gasteiger partial charge is 0.0532 e. The zero-order valence-electron chi connectivity index (χ0n) is 12.5. The second kappa shape index (κ2) is 4.72. The molecule has 0 saturated heterocycles. The number of aryl methyl sites for hydroxylation is 3. The van der Waals surface area contributed by atoms with Gasteiger partial charge in [-0.2, -0.15) is 0 Å². The van der Waals surface area contributed by atoms with E-state index in [-0.39, 0.29) is 6.04 Å². The van der Waals surface area contributed by atoms with Crippen LogP contribution in [0.15, 0.2) is 30.3 Å². The number of hydrogen-bond donors (Lipinski definition) is 1. The molecule has 0 aliphatic heterocycles. The van der Waals surface area contributed by atoms with Gasteiger partial charge < -0.3 is 10.3 Å². The molecular weight excluding hydrogens is 276 g/mol. The molecule has 4 rings (SSSR count). The highest BCUT2D eigenvalue weighted by Crippen LogP contribution is 2.43. The van der Waals surface area contributed by atoms with Gasteiger partial charge in [-0.05, 0) is 37.0 Å². The lowest BCUT2D eigenvalue weighted by Gasteiger charge is -2.14. The zero-order chi connectivity index (χ0) is 14.6. The summed E-state index contributed by atoms with van der Waals surface area (Å²) in [5, 5.41) is 1.41. The number of rotatable bonds is 2. The van der Waals surface area contributed by atoms with E-state index in [1.165, 1.54) is 37.5 Å². The van der Waals surface area contributed by atoms with Crippen molar-refractivity contribution in [3.05, 3.63) is 45.6 Å².